The Labute approximate surface area is 523 Å². The average molecular weight is 1260 g/mol. The van der Waals surface area contributed by atoms with Crippen LogP contribution in [0, 0.1) is 11.3 Å². The van der Waals surface area contributed by atoms with Crippen LogP contribution < -0.4 is 26.6 Å². The number of carbonyl (C=O) groups is 7. The Balaban J connectivity index is 2.21. The molecule has 25 heteroatoms. The number of imide groups is 1. The van der Waals surface area contributed by atoms with E-state index in [-0.39, 0.29) is 131 Å². The van der Waals surface area contributed by atoms with Crippen LogP contribution in [-0.4, -0.2) is 250 Å². The molecule has 1 aliphatic rings. The second-order valence-corrected chi connectivity index (χ2v) is 28.7. The van der Waals surface area contributed by atoms with Gasteiger partial charge in [-0.2, -0.15) is 0 Å². The number of amides is 7. The molecule has 87 heavy (non-hydrogen) atoms. The largest absolute Gasteiger partial charge is 0.379 e. The number of nitrogens with zero attached hydrogens (tertiary/aromatic N) is 2. The number of hydrogen-bond acceptors (Lipinski definition) is 18. The summed E-state index contributed by atoms with van der Waals surface area (Å²) in [4.78, 5) is 90.5. The molecule has 1 heterocycles. The normalized spacial score (nSPS) is 14.7. The van der Waals surface area contributed by atoms with Gasteiger partial charge in [0.2, 0.25) is 41.1 Å². The van der Waals surface area contributed by atoms with Crippen molar-refractivity contribution < 1.29 is 80.9 Å². The summed E-state index contributed by atoms with van der Waals surface area (Å²) in [5.41, 5.74) is -1.21. The standard InChI is InChI=1S/C62H118N7O17P/c1-49(2)87(15)57(76)65-24-20-62(13,14)86-31-22-60(9,10)67-52(71)18-29-78-35-39-82-43-45-84-41-37-80-33-27-68(54(73)16-25-69-55(74)46-50(3)56(69)75)26-32-79-36-40-83-44-42-81-38-34-77-28-17-51(70)66-59(7,8)21-30-85-61(11,12)19-23-64-53(72)47-63-48-58(4,5)6/h49-50,63H,16-48H2,1-15H3,(H,64,72)(H,65,76)(H,66,70)(H,67,71). The van der Waals surface area contributed by atoms with Gasteiger partial charge in [0.1, 0.15) is 0 Å². The zero-order valence-electron chi connectivity index (χ0n) is 56.3. The van der Waals surface area contributed by atoms with Crippen LogP contribution >= 0.6 is 7.92 Å². The average Bonchev–Trinajstić information content (AvgIpc) is 3.36. The predicted molar refractivity (Wildman–Crippen MR) is 337 cm³/mol. The van der Waals surface area contributed by atoms with Crippen LogP contribution in [0.3, 0.4) is 0 Å². The molecule has 0 aromatic rings. The van der Waals surface area contributed by atoms with Crippen molar-refractivity contribution in [1.82, 2.24) is 36.4 Å². The Hall–Kier alpha value is -3.52. The molecule has 24 nitrogen and oxygen atoms in total. The van der Waals surface area contributed by atoms with Gasteiger partial charge < -0.3 is 78.9 Å². The Kier molecular flexibility index (Phi) is 42.0. The fourth-order valence-electron chi connectivity index (χ4n) is 8.27. The highest BCUT2D eigenvalue weighted by Crippen LogP contribution is 2.37. The van der Waals surface area contributed by atoms with Gasteiger partial charge in [-0.15, -0.1) is 0 Å². The van der Waals surface area contributed by atoms with Crippen LogP contribution in [0.4, 0.5) is 4.79 Å². The Morgan fingerprint density at radius 1 is 0.540 bits per heavy atom. The zero-order chi connectivity index (χ0) is 65.4. The van der Waals surface area contributed by atoms with E-state index in [1.165, 1.54) is 0 Å². The first-order valence-electron chi connectivity index (χ1n) is 31.5. The predicted octanol–water partition coefficient (Wildman–Crippen LogP) is 5.44. The lowest BCUT2D eigenvalue weighted by Crippen LogP contribution is -2.45. The molecule has 508 valence electrons. The number of hydrogen-bond donors (Lipinski definition) is 5. The molecule has 1 aliphatic heterocycles. The van der Waals surface area contributed by atoms with Gasteiger partial charge in [-0.3, -0.25) is 38.5 Å². The van der Waals surface area contributed by atoms with Gasteiger partial charge in [0.15, 0.2) is 0 Å². The Bertz CT molecular complexity index is 1960. The van der Waals surface area contributed by atoms with Crippen LogP contribution in [-0.2, 0) is 76.1 Å². The molecule has 1 fully saturated rings. The van der Waals surface area contributed by atoms with Crippen molar-refractivity contribution in [2.45, 2.75) is 176 Å². The van der Waals surface area contributed by atoms with Gasteiger partial charge >= 0.3 is 0 Å². The minimum atomic E-state index is -0.699. The third-order valence-corrected chi connectivity index (χ3v) is 16.4. The molecule has 0 aromatic heterocycles. The third-order valence-electron chi connectivity index (χ3n) is 14.0. The second kappa shape index (κ2) is 44.9. The van der Waals surface area contributed by atoms with Crippen LogP contribution in [0.25, 0.3) is 0 Å². The summed E-state index contributed by atoms with van der Waals surface area (Å²) < 4.78 is 57.4. The molecule has 0 aliphatic carbocycles. The molecular weight excluding hydrogens is 1150 g/mol. The molecule has 2 atom stereocenters. The van der Waals surface area contributed by atoms with Crippen LogP contribution in [0.1, 0.15) is 148 Å². The monoisotopic (exact) mass is 1260 g/mol. The fraction of sp³-hybridized carbons (Fsp3) is 0.887. The molecule has 2 unspecified atom stereocenters. The lowest BCUT2D eigenvalue weighted by Gasteiger charge is -2.30. The SMILES string of the molecule is CC1CC(=O)N(CCC(=O)N(CCOCCOCCOCCOCCC(=O)NC(C)(C)CCOC(C)(C)CCNC(=O)CNCC(C)(C)C)CCOCCOCCOCCOCCC(=O)NC(C)(C)CCOC(C)(C)CCNC(=O)P(C)C(C)C)C1=O. The highest BCUT2D eigenvalue weighted by atomic mass is 31.1. The van der Waals surface area contributed by atoms with Crippen LogP contribution in [0.5, 0.6) is 0 Å². The van der Waals surface area contributed by atoms with E-state index in [0.717, 1.165) is 11.4 Å². The van der Waals surface area contributed by atoms with Crippen molar-refractivity contribution in [1.29, 1.82) is 0 Å². The second-order valence-electron chi connectivity index (χ2n) is 26.0. The highest BCUT2D eigenvalue weighted by molar-refractivity contribution is 7.74. The molecule has 0 radical (unpaired) electrons. The maximum absolute atomic E-state index is 13.3. The molecule has 7 amide bonds. The topological polar surface area (TPSA) is 278 Å². The summed E-state index contributed by atoms with van der Waals surface area (Å²) in [6.45, 7) is 38.6. The zero-order valence-corrected chi connectivity index (χ0v) is 57.2. The maximum Gasteiger partial charge on any atom is 0.240 e. The summed E-state index contributed by atoms with van der Waals surface area (Å²) in [5.74, 6) is -1.41. The number of ether oxygens (including phenoxy) is 10. The lowest BCUT2D eigenvalue weighted by atomic mass is 9.97. The van der Waals surface area contributed by atoms with E-state index in [1.54, 1.807) is 11.8 Å². The first kappa shape index (κ1) is 81.5. The van der Waals surface area contributed by atoms with Gasteiger partial charge in [0.25, 0.3) is 0 Å². The van der Waals surface area contributed by atoms with Crippen LogP contribution in [0.15, 0.2) is 0 Å². The molecule has 5 N–H and O–H groups in total. The molecule has 0 bridgehead atoms. The summed E-state index contributed by atoms with van der Waals surface area (Å²) >= 11 is 0. The van der Waals surface area contributed by atoms with Crippen LogP contribution in [0.2, 0.25) is 0 Å². The quantitative estimate of drug-likeness (QED) is 0.0288. The van der Waals surface area contributed by atoms with Gasteiger partial charge in [-0.1, -0.05) is 41.5 Å². The molecule has 1 rings (SSSR count). The summed E-state index contributed by atoms with van der Waals surface area (Å²) in [6.07, 6.45) is 3.17. The molecular formula is C62H118N7O17P. The Morgan fingerprint density at radius 3 is 1.31 bits per heavy atom. The fourth-order valence-corrected chi connectivity index (χ4v) is 9.10. The third kappa shape index (κ3) is 43.8. The Morgan fingerprint density at radius 2 is 0.931 bits per heavy atom. The number of likely N-dealkylation sites (tertiary alicyclic amines) is 1. The van der Waals surface area contributed by atoms with E-state index in [0.29, 0.717) is 137 Å². The van der Waals surface area contributed by atoms with E-state index in [9.17, 15) is 33.6 Å². The summed E-state index contributed by atoms with van der Waals surface area (Å²) in [7, 11) is -0.699. The number of rotatable bonds is 54. The molecule has 0 spiro atoms. The molecule has 0 saturated carbocycles. The summed E-state index contributed by atoms with van der Waals surface area (Å²) in [5, 5.41) is 15.3. The number of carbonyl (C=O) groups excluding carboxylic acids is 7. The first-order valence-corrected chi connectivity index (χ1v) is 33.3. The number of nitrogens with one attached hydrogen (secondary N) is 5. The highest BCUT2D eigenvalue weighted by Gasteiger charge is 2.36. The van der Waals surface area contributed by atoms with Crippen molar-refractivity contribution in [2.24, 2.45) is 11.3 Å². The first-order chi connectivity index (χ1) is 40.8. The molecule has 0 aromatic carbocycles. The van der Waals surface area contributed by atoms with Crippen molar-refractivity contribution >= 4 is 49.0 Å². The maximum atomic E-state index is 13.3. The van der Waals surface area contributed by atoms with E-state index in [2.05, 4.69) is 61.2 Å². The van der Waals surface area contributed by atoms with Gasteiger partial charge in [0.05, 0.1) is 123 Å². The van der Waals surface area contributed by atoms with E-state index < -0.39 is 30.2 Å². The summed E-state index contributed by atoms with van der Waals surface area (Å²) in [6, 6.07) is 0. The van der Waals surface area contributed by atoms with Crippen molar-refractivity contribution in [3.05, 3.63) is 0 Å². The van der Waals surface area contributed by atoms with Crippen molar-refractivity contribution in [3.63, 3.8) is 0 Å². The van der Waals surface area contributed by atoms with Crippen molar-refractivity contribution in [3.8, 4) is 0 Å². The van der Waals surface area contributed by atoms with Gasteiger partial charge in [0, 0.05) is 95.2 Å². The lowest BCUT2D eigenvalue weighted by molar-refractivity contribution is -0.141. The van der Waals surface area contributed by atoms with E-state index >= 15 is 0 Å². The van der Waals surface area contributed by atoms with E-state index in [1.807, 2.05) is 62.1 Å². The molecule has 1 saturated heterocycles. The van der Waals surface area contributed by atoms with Crippen molar-refractivity contribution in [2.75, 3.05) is 171 Å². The van der Waals surface area contributed by atoms with Gasteiger partial charge in [-0.05, 0) is 107 Å². The smallest absolute Gasteiger partial charge is 0.240 e. The minimum Gasteiger partial charge on any atom is -0.379 e. The van der Waals surface area contributed by atoms with Gasteiger partial charge in [-0.25, -0.2) is 0 Å². The van der Waals surface area contributed by atoms with E-state index in [4.69, 9.17) is 47.4 Å². The minimum absolute atomic E-state index is 0.00761.